The summed E-state index contributed by atoms with van der Waals surface area (Å²) < 4.78 is 10.3. The van der Waals surface area contributed by atoms with Crippen LogP contribution in [0.4, 0.5) is 0 Å². The van der Waals surface area contributed by atoms with Crippen molar-refractivity contribution < 1.29 is 24.2 Å². The summed E-state index contributed by atoms with van der Waals surface area (Å²) in [6.07, 6.45) is 0.0352. The van der Waals surface area contributed by atoms with Crippen LogP contribution in [-0.4, -0.2) is 54.8 Å². The Kier molecular flexibility index (Phi) is 5.03. The van der Waals surface area contributed by atoms with Gasteiger partial charge in [0, 0.05) is 17.1 Å². The molecule has 21 heavy (non-hydrogen) atoms. The van der Waals surface area contributed by atoms with E-state index in [0.29, 0.717) is 22.9 Å². The highest BCUT2D eigenvalue weighted by molar-refractivity contribution is 6.30. The Labute approximate surface area is 127 Å². The maximum Gasteiger partial charge on any atom is 0.328 e. The predicted molar refractivity (Wildman–Crippen MR) is 75.7 cm³/mol. The van der Waals surface area contributed by atoms with Crippen LogP contribution < -0.4 is 4.74 Å². The number of carboxylic acid groups (broad SMARTS) is 1. The molecule has 1 N–H and O–H groups in total. The van der Waals surface area contributed by atoms with Gasteiger partial charge in [-0.1, -0.05) is 11.6 Å². The second kappa shape index (κ2) is 6.78. The molecule has 6 nitrogen and oxygen atoms in total. The van der Waals surface area contributed by atoms with E-state index in [-0.39, 0.29) is 25.5 Å². The zero-order valence-electron chi connectivity index (χ0n) is 11.5. The van der Waals surface area contributed by atoms with Gasteiger partial charge in [0.2, 0.25) is 5.91 Å². The summed E-state index contributed by atoms with van der Waals surface area (Å²) in [6.45, 7) is 0.606. The Hall–Kier alpha value is -1.79. The first-order chi connectivity index (χ1) is 10.0. The standard InChI is InChI=1S/C14H16ClNO5/c1-20-12-3-2-10(15)6-9(12)7-13(17)16-4-5-21-8-11(16)14(18)19/h2-3,6,11H,4-5,7-8H2,1H3,(H,18,19). The fourth-order valence-electron chi connectivity index (χ4n) is 2.26. The van der Waals surface area contributed by atoms with Crippen molar-refractivity contribution in [1.82, 2.24) is 4.90 Å². The first-order valence-corrected chi connectivity index (χ1v) is 6.83. The van der Waals surface area contributed by atoms with E-state index in [1.807, 2.05) is 0 Å². The molecule has 0 saturated carbocycles. The normalized spacial score (nSPS) is 18.4. The molecule has 0 spiro atoms. The molecule has 1 aromatic carbocycles. The number of amides is 1. The van der Waals surface area contributed by atoms with E-state index in [0.717, 1.165) is 0 Å². The van der Waals surface area contributed by atoms with E-state index in [1.165, 1.54) is 12.0 Å². The first kappa shape index (κ1) is 15.6. The van der Waals surface area contributed by atoms with E-state index < -0.39 is 12.0 Å². The quantitative estimate of drug-likeness (QED) is 0.904. The van der Waals surface area contributed by atoms with Crippen molar-refractivity contribution in [2.24, 2.45) is 0 Å². The van der Waals surface area contributed by atoms with Crippen molar-refractivity contribution in [3.05, 3.63) is 28.8 Å². The molecular formula is C14H16ClNO5. The van der Waals surface area contributed by atoms with Crippen LogP contribution in [0.3, 0.4) is 0 Å². The molecule has 0 radical (unpaired) electrons. The monoisotopic (exact) mass is 313 g/mol. The van der Waals surface area contributed by atoms with Crippen LogP contribution in [-0.2, 0) is 20.7 Å². The smallest absolute Gasteiger partial charge is 0.328 e. The van der Waals surface area contributed by atoms with E-state index in [4.69, 9.17) is 26.2 Å². The van der Waals surface area contributed by atoms with Gasteiger partial charge in [0.15, 0.2) is 6.04 Å². The number of benzene rings is 1. The number of carboxylic acids is 1. The Morgan fingerprint density at radius 1 is 1.52 bits per heavy atom. The molecule has 1 aliphatic heterocycles. The van der Waals surface area contributed by atoms with Gasteiger partial charge >= 0.3 is 5.97 Å². The molecule has 1 saturated heterocycles. The Bertz CT molecular complexity index is 548. The number of aliphatic carboxylic acids is 1. The molecular weight excluding hydrogens is 298 g/mol. The Balaban J connectivity index is 2.16. The number of methoxy groups -OCH3 is 1. The minimum absolute atomic E-state index is 0.00769. The number of ether oxygens (including phenoxy) is 2. The van der Waals surface area contributed by atoms with E-state index in [1.54, 1.807) is 18.2 Å². The molecule has 1 amide bonds. The van der Waals surface area contributed by atoms with Gasteiger partial charge in [-0.3, -0.25) is 4.79 Å². The average Bonchev–Trinajstić information content (AvgIpc) is 2.47. The fraction of sp³-hybridized carbons (Fsp3) is 0.429. The van der Waals surface area contributed by atoms with Crippen molar-refractivity contribution in [2.75, 3.05) is 26.9 Å². The van der Waals surface area contributed by atoms with E-state index in [2.05, 4.69) is 0 Å². The highest BCUT2D eigenvalue weighted by Crippen LogP contribution is 2.24. The van der Waals surface area contributed by atoms with Gasteiger partial charge in [-0.2, -0.15) is 0 Å². The van der Waals surface area contributed by atoms with Gasteiger partial charge < -0.3 is 19.5 Å². The van der Waals surface area contributed by atoms with Gasteiger partial charge in [-0.15, -0.1) is 0 Å². The maximum absolute atomic E-state index is 12.4. The Morgan fingerprint density at radius 2 is 2.29 bits per heavy atom. The number of rotatable bonds is 4. The summed E-state index contributed by atoms with van der Waals surface area (Å²) in [5.41, 5.74) is 0.630. The van der Waals surface area contributed by atoms with Gasteiger partial charge in [-0.25, -0.2) is 4.79 Å². The zero-order valence-corrected chi connectivity index (χ0v) is 12.3. The molecule has 1 unspecified atom stereocenters. The van der Waals surface area contributed by atoms with Crippen LogP contribution in [0.15, 0.2) is 18.2 Å². The molecule has 0 bridgehead atoms. The molecule has 0 aromatic heterocycles. The minimum atomic E-state index is -1.07. The third-order valence-electron chi connectivity index (χ3n) is 3.32. The highest BCUT2D eigenvalue weighted by Gasteiger charge is 2.32. The summed E-state index contributed by atoms with van der Waals surface area (Å²) in [7, 11) is 1.51. The van der Waals surface area contributed by atoms with Crippen LogP contribution in [0.1, 0.15) is 5.56 Å². The van der Waals surface area contributed by atoms with Gasteiger partial charge in [0.05, 0.1) is 26.7 Å². The highest BCUT2D eigenvalue weighted by atomic mass is 35.5. The second-order valence-electron chi connectivity index (χ2n) is 4.65. The molecule has 7 heteroatoms. The number of carbonyl (C=O) groups is 2. The second-order valence-corrected chi connectivity index (χ2v) is 5.09. The van der Waals surface area contributed by atoms with Crippen molar-refractivity contribution >= 4 is 23.5 Å². The molecule has 0 aliphatic carbocycles. The Morgan fingerprint density at radius 3 is 2.95 bits per heavy atom. The van der Waals surface area contributed by atoms with Crippen LogP contribution in [0.2, 0.25) is 5.02 Å². The topological polar surface area (TPSA) is 76.1 Å². The largest absolute Gasteiger partial charge is 0.496 e. The summed E-state index contributed by atoms with van der Waals surface area (Å²) in [5.74, 6) is -0.805. The minimum Gasteiger partial charge on any atom is -0.496 e. The summed E-state index contributed by atoms with van der Waals surface area (Å²) in [6, 6.07) is 4.05. The number of morpholine rings is 1. The molecule has 1 heterocycles. The number of carbonyl (C=O) groups excluding carboxylic acids is 1. The lowest BCUT2D eigenvalue weighted by molar-refractivity contribution is -0.158. The zero-order chi connectivity index (χ0) is 15.4. The number of nitrogens with zero attached hydrogens (tertiary/aromatic N) is 1. The van der Waals surface area contributed by atoms with Crippen LogP contribution in [0, 0.1) is 0 Å². The van der Waals surface area contributed by atoms with Crippen LogP contribution in [0.25, 0.3) is 0 Å². The summed E-state index contributed by atoms with van der Waals surface area (Å²) in [4.78, 5) is 24.9. The molecule has 114 valence electrons. The molecule has 2 rings (SSSR count). The fourth-order valence-corrected chi connectivity index (χ4v) is 2.45. The van der Waals surface area contributed by atoms with Gasteiger partial charge in [-0.05, 0) is 18.2 Å². The van der Waals surface area contributed by atoms with Gasteiger partial charge in [0.1, 0.15) is 5.75 Å². The lowest BCUT2D eigenvalue weighted by Crippen LogP contribution is -2.53. The lowest BCUT2D eigenvalue weighted by atomic mass is 10.1. The number of hydrogen-bond acceptors (Lipinski definition) is 4. The van der Waals surface area contributed by atoms with Crippen molar-refractivity contribution in [2.45, 2.75) is 12.5 Å². The lowest BCUT2D eigenvalue weighted by Gasteiger charge is -2.33. The van der Waals surface area contributed by atoms with Crippen LogP contribution in [0.5, 0.6) is 5.75 Å². The first-order valence-electron chi connectivity index (χ1n) is 6.45. The number of halogens is 1. The van der Waals surface area contributed by atoms with E-state index in [9.17, 15) is 9.59 Å². The van der Waals surface area contributed by atoms with Gasteiger partial charge in [0.25, 0.3) is 0 Å². The third-order valence-corrected chi connectivity index (χ3v) is 3.55. The molecule has 1 fully saturated rings. The summed E-state index contributed by atoms with van der Waals surface area (Å²) >= 11 is 5.93. The van der Waals surface area contributed by atoms with E-state index >= 15 is 0 Å². The molecule has 1 atom stereocenters. The van der Waals surface area contributed by atoms with Crippen molar-refractivity contribution in [3.63, 3.8) is 0 Å². The predicted octanol–water partition coefficient (Wildman–Crippen LogP) is 1.20. The SMILES string of the molecule is COc1ccc(Cl)cc1CC(=O)N1CCOCC1C(=O)O. The molecule has 1 aromatic rings. The molecule has 1 aliphatic rings. The van der Waals surface area contributed by atoms with Crippen molar-refractivity contribution in [1.29, 1.82) is 0 Å². The number of hydrogen-bond donors (Lipinski definition) is 1. The van der Waals surface area contributed by atoms with Crippen LogP contribution >= 0.6 is 11.6 Å². The third kappa shape index (κ3) is 3.65. The maximum atomic E-state index is 12.4. The average molecular weight is 314 g/mol. The summed E-state index contributed by atoms with van der Waals surface area (Å²) in [5, 5.41) is 9.64. The van der Waals surface area contributed by atoms with Crippen molar-refractivity contribution in [3.8, 4) is 5.75 Å².